The van der Waals surface area contributed by atoms with E-state index in [0.29, 0.717) is 0 Å². The van der Waals surface area contributed by atoms with Crippen LogP contribution in [0.2, 0.25) is 5.02 Å². The van der Waals surface area contributed by atoms with Gasteiger partial charge in [-0.1, -0.05) is 29.8 Å². The fraction of sp³-hybridized carbons (Fsp3) is 0. The van der Waals surface area contributed by atoms with E-state index in [1.807, 2.05) is 28.7 Å². The average molecular weight is 275 g/mol. The molecule has 0 saturated carbocycles. The molecule has 0 amide bonds. The van der Waals surface area contributed by atoms with Gasteiger partial charge in [0.05, 0.1) is 4.01 Å². The molecule has 0 saturated heterocycles. The standard InChI is InChI=1S/C14H7ClS2/c15-8-5-6-12-10(7-8)13-9-3-1-2-4-11(9)16-14(13)17-12/h1-7H. The molecule has 0 radical (unpaired) electrons. The highest BCUT2D eigenvalue weighted by Crippen LogP contribution is 2.44. The molecule has 0 atom stereocenters. The number of rotatable bonds is 0. The molecule has 0 spiro atoms. The minimum absolute atomic E-state index is 0.812. The summed E-state index contributed by atoms with van der Waals surface area (Å²) < 4.78 is 4.07. The highest BCUT2D eigenvalue weighted by molar-refractivity contribution is 7.44. The number of halogens is 1. The monoisotopic (exact) mass is 274 g/mol. The summed E-state index contributed by atoms with van der Waals surface area (Å²) in [4.78, 5) is 0. The van der Waals surface area contributed by atoms with Gasteiger partial charge in [0.15, 0.2) is 0 Å². The molecule has 82 valence electrons. The summed E-state index contributed by atoms with van der Waals surface area (Å²) in [5, 5.41) is 4.82. The van der Waals surface area contributed by atoms with Gasteiger partial charge >= 0.3 is 0 Å². The molecule has 3 heteroatoms. The Hall–Kier alpha value is -1.09. The van der Waals surface area contributed by atoms with Crippen LogP contribution in [0.25, 0.3) is 29.6 Å². The summed E-state index contributed by atoms with van der Waals surface area (Å²) in [5.74, 6) is 0. The Balaban J connectivity index is 2.33. The maximum absolute atomic E-state index is 6.10. The molecule has 4 rings (SSSR count). The minimum Gasteiger partial charge on any atom is -0.124 e. The Bertz CT molecular complexity index is 854. The molecule has 0 nitrogen and oxygen atoms in total. The quantitative estimate of drug-likeness (QED) is 0.373. The molecular formula is C14H7ClS2. The molecule has 0 bridgehead atoms. The predicted octanol–water partition coefficient (Wildman–Crippen LogP) is 5.92. The van der Waals surface area contributed by atoms with Crippen molar-refractivity contribution in [1.29, 1.82) is 0 Å². The third-order valence-corrected chi connectivity index (χ3v) is 5.64. The number of fused-ring (bicyclic) bond motifs is 5. The number of hydrogen-bond donors (Lipinski definition) is 0. The Labute approximate surface area is 111 Å². The first-order chi connectivity index (χ1) is 8.33. The summed E-state index contributed by atoms with van der Waals surface area (Å²) >= 11 is 9.83. The summed E-state index contributed by atoms with van der Waals surface area (Å²) in [7, 11) is 0. The van der Waals surface area contributed by atoms with Crippen LogP contribution in [-0.4, -0.2) is 0 Å². The smallest absolute Gasteiger partial charge is 0.0890 e. The molecule has 4 aromatic rings. The highest BCUT2D eigenvalue weighted by Gasteiger charge is 2.11. The van der Waals surface area contributed by atoms with Gasteiger partial charge in [0.1, 0.15) is 0 Å². The van der Waals surface area contributed by atoms with Crippen LogP contribution < -0.4 is 0 Å². The molecule has 0 aliphatic heterocycles. The zero-order valence-electron chi connectivity index (χ0n) is 8.74. The maximum Gasteiger partial charge on any atom is 0.0890 e. The second-order valence-corrected chi connectivity index (χ2v) is 6.80. The molecule has 17 heavy (non-hydrogen) atoms. The fourth-order valence-electron chi connectivity index (χ4n) is 2.24. The van der Waals surface area contributed by atoms with Gasteiger partial charge in [0.25, 0.3) is 0 Å². The highest BCUT2D eigenvalue weighted by atomic mass is 35.5. The third kappa shape index (κ3) is 1.35. The van der Waals surface area contributed by atoms with Crippen LogP contribution in [0.5, 0.6) is 0 Å². The molecule has 2 heterocycles. The van der Waals surface area contributed by atoms with Crippen LogP contribution in [0.4, 0.5) is 0 Å². The Morgan fingerprint density at radius 3 is 2.47 bits per heavy atom. The van der Waals surface area contributed by atoms with E-state index >= 15 is 0 Å². The molecule has 0 N–H and O–H groups in total. The van der Waals surface area contributed by atoms with Crippen molar-refractivity contribution in [3.05, 3.63) is 47.5 Å². The lowest BCUT2D eigenvalue weighted by Crippen LogP contribution is -1.66. The zero-order chi connectivity index (χ0) is 11.4. The normalized spacial score (nSPS) is 11.8. The number of hydrogen-bond acceptors (Lipinski definition) is 2. The van der Waals surface area contributed by atoms with Gasteiger partial charge in [-0.05, 0) is 24.3 Å². The molecule has 2 aromatic carbocycles. The van der Waals surface area contributed by atoms with Gasteiger partial charge in [-0.2, -0.15) is 0 Å². The number of benzene rings is 2. The molecule has 0 aliphatic rings. The predicted molar refractivity (Wildman–Crippen MR) is 79.7 cm³/mol. The second-order valence-electron chi connectivity index (χ2n) is 4.00. The summed E-state index contributed by atoms with van der Waals surface area (Å²) in [6, 6.07) is 14.7. The lowest BCUT2D eigenvalue weighted by Gasteiger charge is -1.93. The SMILES string of the molecule is Clc1ccc2sc3sc4ccccc4c3c2c1. The Kier molecular flexibility index (Phi) is 2.01. The van der Waals surface area contributed by atoms with Crippen molar-refractivity contribution in [3.63, 3.8) is 0 Å². The van der Waals surface area contributed by atoms with Crippen molar-refractivity contribution in [2.45, 2.75) is 0 Å². The second kappa shape index (κ2) is 3.45. The van der Waals surface area contributed by atoms with Gasteiger partial charge < -0.3 is 0 Å². The first-order valence-corrected chi connectivity index (χ1v) is 7.33. The van der Waals surface area contributed by atoms with E-state index in [1.54, 1.807) is 0 Å². The minimum atomic E-state index is 0.812. The molecule has 0 unspecified atom stereocenters. The van der Waals surface area contributed by atoms with Gasteiger partial charge in [-0.25, -0.2) is 0 Å². The van der Waals surface area contributed by atoms with Crippen LogP contribution in [0.1, 0.15) is 0 Å². The summed E-state index contributed by atoms with van der Waals surface area (Å²) in [6.07, 6.45) is 0. The summed E-state index contributed by atoms with van der Waals surface area (Å²) in [5.41, 5.74) is 0. The van der Waals surface area contributed by atoms with Crippen molar-refractivity contribution in [2.24, 2.45) is 0 Å². The van der Waals surface area contributed by atoms with Crippen LogP contribution in [-0.2, 0) is 0 Å². The lowest BCUT2D eigenvalue weighted by atomic mass is 10.1. The molecule has 0 fully saturated rings. The number of thiophene rings is 2. The van der Waals surface area contributed by atoms with E-state index in [0.717, 1.165) is 5.02 Å². The van der Waals surface area contributed by atoms with Crippen LogP contribution in [0, 0.1) is 0 Å². The topological polar surface area (TPSA) is 0 Å². The molecule has 0 aliphatic carbocycles. The van der Waals surface area contributed by atoms with Crippen molar-refractivity contribution in [3.8, 4) is 0 Å². The maximum atomic E-state index is 6.10. The van der Waals surface area contributed by atoms with Crippen molar-refractivity contribution in [2.75, 3.05) is 0 Å². The summed E-state index contributed by atoms with van der Waals surface area (Å²) in [6.45, 7) is 0. The largest absolute Gasteiger partial charge is 0.124 e. The van der Waals surface area contributed by atoms with Gasteiger partial charge in [-0.15, -0.1) is 22.7 Å². The fourth-order valence-corrected chi connectivity index (χ4v) is 4.99. The molecular weight excluding hydrogens is 268 g/mol. The first-order valence-electron chi connectivity index (χ1n) is 5.32. The van der Waals surface area contributed by atoms with E-state index in [4.69, 9.17) is 11.6 Å². The van der Waals surface area contributed by atoms with Crippen molar-refractivity contribution in [1.82, 2.24) is 0 Å². The third-order valence-electron chi connectivity index (χ3n) is 2.98. The van der Waals surface area contributed by atoms with Crippen LogP contribution in [0.3, 0.4) is 0 Å². The van der Waals surface area contributed by atoms with Gasteiger partial charge in [0.2, 0.25) is 0 Å². The molecule has 2 aromatic heterocycles. The van der Waals surface area contributed by atoms with Crippen LogP contribution >= 0.6 is 34.3 Å². The average Bonchev–Trinajstić information content (AvgIpc) is 2.84. The van der Waals surface area contributed by atoms with E-state index in [2.05, 4.69) is 36.4 Å². The van der Waals surface area contributed by atoms with Gasteiger partial charge in [-0.3, -0.25) is 0 Å². The first kappa shape index (κ1) is 9.89. The zero-order valence-corrected chi connectivity index (χ0v) is 11.1. The Morgan fingerprint density at radius 1 is 0.824 bits per heavy atom. The Morgan fingerprint density at radius 2 is 1.59 bits per heavy atom. The van der Waals surface area contributed by atoms with Crippen LogP contribution in [0.15, 0.2) is 42.5 Å². The van der Waals surface area contributed by atoms with Crippen molar-refractivity contribution < 1.29 is 0 Å². The van der Waals surface area contributed by atoms with Crippen molar-refractivity contribution >= 4 is 63.8 Å². The van der Waals surface area contributed by atoms with E-state index < -0.39 is 0 Å². The van der Waals surface area contributed by atoms with E-state index in [1.165, 1.54) is 29.6 Å². The van der Waals surface area contributed by atoms with E-state index in [9.17, 15) is 0 Å². The van der Waals surface area contributed by atoms with Gasteiger partial charge in [0, 0.05) is 30.6 Å². The van der Waals surface area contributed by atoms with E-state index in [-0.39, 0.29) is 0 Å². The lowest BCUT2D eigenvalue weighted by molar-refractivity contribution is 1.85.